The third kappa shape index (κ3) is 7.12. The molecule has 1 amide bonds. The van der Waals surface area contributed by atoms with Crippen LogP contribution in [-0.2, 0) is 17.5 Å². The standard InChI is InChI=1S/C24H29F3N2O2/c1-15(2)11-22(23(30)29-14-17-5-7-18(8-6-17)16(3)4)31-20-10-9-19(13-28)21(12-20)24(25,26)27/h5-10,12-13,15-16,22,28H,11,14H2,1-4H3,(H,29,30). The number of alkyl halides is 3. The Balaban J connectivity index is 2.14. The molecule has 0 saturated carbocycles. The fourth-order valence-corrected chi connectivity index (χ4v) is 3.10. The highest BCUT2D eigenvalue weighted by Gasteiger charge is 2.34. The summed E-state index contributed by atoms with van der Waals surface area (Å²) in [6.07, 6.45) is -4.55. The van der Waals surface area contributed by atoms with Crippen LogP contribution in [0.2, 0.25) is 0 Å². The second-order valence-electron chi connectivity index (χ2n) is 8.24. The van der Waals surface area contributed by atoms with Gasteiger partial charge in [-0.25, -0.2) is 0 Å². The van der Waals surface area contributed by atoms with Gasteiger partial charge in [0.05, 0.1) is 5.56 Å². The second-order valence-corrected chi connectivity index (χ2v) is 8.24. The van der Waals surface area contributed by atoms with E-state index in [1.54, 1.807) is 0 Å². The number of hydrogen-bond acceptors (Lipinski definition) is 3. The Labute approximate surface area is 181 Å². The Morgan fingerprint density at radius 2 is 1.74 bits per heavy atom. The zero-order chi connectivity index (χ0) is 23.2. The first-order valence-corrected chi connectivity index (χ1v) is 10.3. The number of amides is 1. The summed E-state index contributed by atoms with van der Waals surface area (Å²) in [6.45, 7) is 8.32. The van der Waals surface area contributed by atoms with Gasteiger partial charge in [-0.15, -0.1) is 0 Å². The highest BCUT2D eigenvalue weighted by atomic mass is 19.4. The van der Waals surface area contributed by atoms with Crippen LogP contribution in [0.5, 0.6) is 5.75 Å². The van der Waals surface area contributed by atoms with Crippen molar-refractivity contribution in [1.82, 2.24) is 5.32 Å². The number of ether oxygens (including phenoxy) is 1. The molecule has 0 bridgehead atoms. The molecule has 1 atom stereocenters. The summed E-state index contributed by atoms with van der Waals surface area (Å²) < 4.78 is 45.5. The van der Waals surface area contributed by atoms with Gasteiger partial charge in [-0.2, -0.15) is 13.2 Å². The highest BCUT2D eigenvalue weighted by molar-refractivity contribution is 5.82. The molecule has 0 spiro atoms. The van der Waals surface area contributed by atoms with E-state index in [9.17, 15) is 18.0 Å². The summed E-state index contributed by atoms with van der Waals surface area (Å²) in [7, 11) is 0. The minimum absolute atomic E-state index is 0.0555. The van der Waals surface area contributed by atoms with Crippen molar-refractivity contribution in [3.05, 3.63) is 64.7 Å². The number of benzene rings is 2. The zero-order valence-electron chi connectivity index (χ0n) is 18.2. The summed E-state index contributed by atoms with van der Waals surface area (Å²) in [6, 6.07) is 11.3. The van der Waals surface area contributed by atoms with E-state index in [1.165, 1.54) is 17.7 Å². The molecular formula is C24H29F3N2O2. The molecule has 2 aromatic carbocycles. The quantitative estimate of drug-likeness (QED) is 0.480. The van der Waals surface area contributed by atoms with Crippen LogP contribution in [0.3, 0.4) is 0 Å². The van der Waals surface area contributed by atoms with Gasteiger partial charge in [0.2, 0.25) is 0 Å². The van der Waals surface area contributed by atoms with Crippen LogP contribution < -0.4 is 10.1 Å². The number of rotatable bonds is 9. The van der Waals surface area contributed by atoms with Crippen molar-refractivity contribution in [1.29, 1.82) is 5.41 Å². The molecule has 2 aromatic rings. The first kappa shape index (κ1) is 24.4. The Bertz CT molecular complexity index is 891. The van der Waals surface area contributed by atoms with E-state index >= 15 is 0 Å². The molecular weight excluding hydrogens is 405 g/mol. The lowest BCUT2D eigenvalue weighted by Crippen LogP contribution is -2.39. The van der Waals surface area contributed by atoms with E-state index < -0.39 is 17.8 Å². The van der Waals surface area contributed by atoms with Crippen molar-refractivity contribution in [2.24, 2.45) is 5.92 Å². The lowest BCUT2D eigenvalue weighted by Gasteiger charge is -2.21. The molecule has 0 radical (unpaired) electrons. The van der Waals surface area contributed by atoms with Gasteiger partial charge in [0.1, 0.15) is 5.75 Å². The maximum atomic E-state index is 13.3. The van der Waals surface area contributed by atoms with Crippen molar-refractivity contribution in [3.63, 3.8) is 0 Å². The highest BCUT2D eigenvalue weighted by Crippen LogP contribution is 2.34. The molecule has 0 saturated heterocycles. The molecule has 0 aliphatic heterocycles. The lowest BCUT2D eigenvalue weighted by molar-refractivity contribution is -0.137. The van der Waals surface area contributed by atoms with Crippen LogP contribution in [0.15, 0.2) is 42.5 Å². The van der Waals surface area contributed by atoms with Crippen LogP contribution in [0, 0.1) is 11.3 Å². The van der Waals surface area contributed by atoms with Gasteiger partial charge in [0, 0.05) is 18.3 Å². The Morgan fingerprint density at radius 3 is 2.26 bits per heavy atom. The molecule has 0 fully saturated rings. The van der Waals surface area contributed by atoms with Gasteiger partial charge in [-0.05, 0) is 47.6 Å². The van der Waals surface area contributed by atoms with Gasteiger partial charge in [0.25, 0.3) is 5.91 Å². The number of halogens is 3. The Hall–Kier alpha value is -2.83. The normalized spacial score (nSPS) is 12.7. The fraction of sp³-hybridized carbons (Fsp3) is 0.417. The first-order chi connectivity index (χ1) is 14.5. The summed E-state index contributed by atoms with van der Waals surface area (Å²) >= 11 is 0. The maximum absolute atomic E-state index is 13.3. The van der Waals surface area contributed by atoms with Crippen molar-refractivity contribution in [2.45, 2.75) is 58.9 Å². The molecule has 7 heteroatoms. The largest absolute Gasteiger partial charge is 0.481 e. The van der Waals surface area contributed by atoms with E-state index in [1.807, 2.05) is 38.1 Å². The molecule has 0 aliphatic rings. The molecule has 4 nitrogen and oxygen atoms in total. The number of hydrogen-bond donors (Lipinski definition) is 2. The van der Waals surface area contributed by atoms with Crippen LogP contribution in [0.25, 0.3) is 0 Å². The lowest BCUT2D eigenvalue weighted by atomic mass is 10.0. The molecule has 0 aromatic heterocycles. The van der Waals surface area contributed by atoms with Crippen molar-refractivity contribution < 1.29 is 22.7 Å². The van der Waals surface area contributed by atoms with Gasteiger partial charge in [-0.3, -0.25) is 4.79 Å². The average molecular weight is 435 g/mol. The maximum Gasteiger partial charge on any atom is 0.417 e. The average Bonchev–Trinajstić information content (AvgIpc) is 2.70. The molecule has 2 N–H and O–H groups in total. The van der Waals surface area contributed by atoms with E-state index in [-0.39, 0.29) is 23.1 Å². The van der Waals surface area contributed by atoms with E-state index in [0.29, 0.717) is 25.1 Å². The summed E-state index contributed by atoms with van der Waals surface area (Å²) in [5, 5.41) is 10.00. The van der Waals surface area contributed by atoms with E-state index in [4.69, 9.17) is 10.1 Å². The minimum atomic E-state index is -4.62. The summed E-state index contributed by atoms with van der Waals surface area (Å²) in [4.78, 5) is 12.7. The predicted molar refractivity (Wildman–Crippen MR) is 116 cm³/mol. The summed E-state index contributed by atoms with van der Waals surface area (Å²) in [5.41, 5.74) is 0.907. The van der Waals surface area contributed by atoms with E-state index in [0.717, 1.165) is 11.6 Å². The minimum Gasteiger partial charge on any atom is -0.481 e. The van der Waals surface area contributed by atoms with Gasteiger partial charge >= 0.3 is 6.18 Å². The SMILES string of the molecule is CC(C)CC(Oc1ccc(C=N)c(C(F)(F)F)c1)C(=O)NCc1ccc(C(C)C)cc1. The van der Waals surface area contributed by atoms with Crippen LogP contribution in [-0.4, -0.2) is 18.2 Å². The third-order valence-electron chi connectivity index (χ3n) is 4.86. The predicted octanol–water partition coefficient (Wildman–Crippen LogP) is 5.94. The second kappa shape index (κ2) is 10.5. The molecule has 1 unspecified atom stereocenters. The topological polar surface area (TPSA) is 62.2 Å². The third-order valence-corrected chi connectivity index (χ3v) is 4.86. The van der Waals surface area contributed by atoms with Crippen molar-refractivity contribution in [2.75, 3.05) is 0 Å². The zero-order valence-corrected chi connectivity index (χ0v) is 18.2. The molecule has 168 valence electrons. The Morgan fingerprint density at radius 1 is 1.10 bits per heavy atom. The van der Waals surface area contributed by atoms with Gasteiger partial charge in [-0.1, -0.05) is 52.0 Å². The fourth-order valence-electron chi connectivity index (χ4n) is 3.10. The van der Waals surface area contributed by atoms with Gasteiger partial charge < -0.3 is 15.5 Å². The molecule has 0 heterocycles. The smallest absolute Gasteiger partial charge is 0.417 e. The summed E-state index contributed by atoms with van der Waals surface area (Å²) in [5.74, 6) is 0.0726. The number of carbonyl (C=O) groups is 1. The van der Waals surface area contributed by atoms with Crippen LogP contribution >= 0.6 is 0 Å². The van der Waals surface area contributed by atoms with Crippen LogP contribution in [0.4, 0.5) is 13.2 Å². The van der Waals surface area contributed by atoms with Crippen molar-refractivity contribution >= 4 is 12.1 Å². The molecule has 31 heavy (non-hydrogen) atoms. The molecule has 2 rings (SSSR count). The van der Waals surface area contributed by atoms with Crippen LogP contribution in [0.1, 0.15) is 62.3 Å². The molecule has 0 aliphatic carbocycles. The van der Waals surface area contributed by atoms with E-state index in [2.05, 4.69) is 19.2 Å². The number of carbonyl (C=O) groups excluding carboxylic acids is 1. The van der Waals surface area contributed by atoms with Crippen molar-refractivity contribution in [3.8, 4) is 5.75 Å². The van der Waals surface area contributed by atoms with Gasteiger partial charge in [0.15, 0.2) is 6.10 Å². The monoisotopic (exact) mass is 434 g/mol. The first-order valence-electron chi connectivity index (χ1n) is 10.3. The number of nitrogens with one attached hydrogen (secondary N) is 2. The Kier molecular flexibility index (Phi) is 8.25.